The Morgan fingerprint density at radius 1 is 0.690 bits per heavy atom. The van der Waals surface area contributed by atoms with Crippen LogP contribution in [0, 0.1) is 5.41 Å². The van der Waals surface area contributed by atoms with Crippen LogP contribution in [0.3, 0.4) is 0 Å². The monoisotopic (exact) mass is 601 g/mol. The van der Waals surface area contributed by atoms with Crippen LogP contribution in [-0.4, -0.2) is 18.2 Å². The number of ether oxygens (including phenoxy) is 2. The fourth-order valence-electron chi connectivity index (χ4n) is 5.55. The van der Waals surface area contributed by atoms with Gasteiger partial charge in [0.1, 0.15) is 0 Å². The van der Waals surface area contributed by atoms with E-state index in [-0.39, 0.29) is 11.7 Å². The lowest BCUT2D eigenvalue weighted by Crippen LogP contribution is -2.33. The molecule has 0 saturated carbocycles. The highest BCUT2D eigenvalue weighted by molar-refractivity contribution is 7.23. The number of hydrogen-bond donors (Lipinski definition) is 1. The summed E-state index contributed by atoms with van der Waals surface area (Å²) in [5.41, 5.74) is 8.28. The molecular formula is C37H47NO2S2. The van der Waals surface area contributed by atoms with E-state index in [0.717, 1.165) is 30.9 Å². The number of aromatic amines is 1. The van der Waals surface area contributed by atoms with Crippen molar-refractivity contribution in [3.8, 4) is 31.5 Å². The molecule has 3 nitrogen and oxygen atoms in total. The van der Waals surface area contributed by atoms with E-state index in [2.05, 4.69) is 85.6 Å². The molecule has 5 aromatic rings. The molecule has 7 rings (SSSR count). The van der Waals surface area contributed by atoms with Crippen molar-refractivity contribution in [2.75, 3.05) is 13.2 Å². The molecule has 1 aliphatic carbocycles. The minimum Gasteiger partial charge on any atom is -0.354 e. The molecule has 224 valence electrons. The first-order valence-corrected chi connectivity index (χ1v) is 17.3. The number of rotatable bonds is 4. The molecule has 5 heteroatoms. The van der Waals surface area contributed by atoms with Crippen LogP contribution in [0.15, 0.2) is 66.7 Å². The van der Waals surface area contributed by atoms with E-state index in [0.29, 0.717) is 0 Å². The molecule has 1 saturated heterocycles. The third-order valence-corrected chi connectivity index (χ3v) is 9.74. The molecule has 42 heavy (non-hydrogen) atoms. The van der Waals surface area contributed by atoms with Gasteiger partial charge in [0.05, 0.1) is 18.1 Å². The van der Waals surface area contributed by atoms with Gasteiger partial charge in [0, 0.05) is 36.6 Å². The van der Waals surface area contributed by atoms with Crippen LogP contribution < -0.4 is 0 Å². The van der Waals surface area contributed by atoms with Crippen LogP contribution in [0.5, 0.6) is 0 Å². The smallest absolute Gasteiger partial charge is 0.193 e. The number of H-pyrrole nitrogens is 1. The van der Waals surface area contributed by atoms with Gasteiger partial charge in [0.15, 0.2) is 6.29 Å². The Morgan fingerprint density at radius 2 is 1.31 bits per heavy atom. The first-order valence-electron chi connectivity index (χ1n) is 15.7. The Bertz CT molecular complexity index is 1550. The van der Waals surface area contributed by atoms with E-state index in [4.69, 9.17) is 9.47 Å². The summed E-state index contributed by atoms with van der Waals surface area (Å²) in [6, 6.07) is 24.3. The van der Waals surface area contributed by atoms with Gasteiger partial charge in [-0.1, -0.05) is 91.8 Å². The molecule has 0 unspecified atom stereocenters. The van der Waals surface area contributed by atoms with E-state index in [1.165, 1.54) is 59.9 Å². The number of nitrogens with one attached hydrogen (secondary N) is 1. The summed E-state index contributed by atoms with van der Waals surface area (Å²) in [6.45, 7) is 17.8. The minimum atomic E-state index is -0.242. The second kappa shape index (κ2) is 14.7. The van der Waals surface area contributed by atoms with Gasteiger partial charge in [-0.05, 0) is 71.8 Å². The van der Waals surface area contributed by atoms with Crippen molar-refractivity contribution >= 4 is 33.6 Å². The molecule has 1 fully saturated rings. The lowest BCUT2D eigenvalue weighted by Gasteiger charge is -2.34. The fourth-order valence-corrected chi connectivity index (χ4v) is 7.71. The Labute approximate surface area is 260 Å². The largest absolute Gasteiger partial charge is 0.354 e. The number of benzene rings is 2. The summed E-state index contributed by atoms with van der Waals surface area (Å²) in [4.78, 5) is 8.82. The quantitative estimate of drug-likeness (QED) is 0.222. The lowest BCUT2D eigenvalue weighted by atomic mass is 9.87. The molecule has 0 radical (unpaired) electrons. The predicted molar refractivity (Wildman–Crippen MR) is 185 cm³/mol. The number of aryl methyl sites for hydroxylation is 2. The second-order valence-corrected chi connectivity index (χ2v) is 12.9. The summed E-state index contributed by atoms with van der Waals surface area (Å²) < 4.78 is 12.0. The van der Waals surface area contributed by atoms with Crippen molar-refractivity contribution in [3.63, 3.8) is 0 Å². The number of thiophene rings is 2. The number of hydrogen-bond acceptors (Lipinski definition) is 4. The summed E-state index contributed by atoms with van der Waals surface area (Å²) in [5.74, 6) is 0. The maximum Gasteiger partial charge on any atom is 0.193 e. The van der Waals surface area contributed by atoms with E-state index in [1.54, 1.807) is 11.3 Å². The zero-order chi connectivity index (χ0) is 30.3. The summed E-state index contributed by atoms with van der Waals surface area (Å²) in [6.07, 6.45) is 3.22. The van der Waals surface area contributed by atoms with E-state index >= 15 is 0 Å². The van der Waals surface area contributed by atoms with Gasteiger partial charge in [-0.15, -0.1) is 22.7 Å². The van der Waals surface area contributed by atoms with E-state index in [9.17, 15) is 0 Å². The second-order valence-electron chi connectivity index (χ2n) is 10.7. The van der Waals surface area contributed by atoms with Crippen molar-refractivity contribution in [1.29, 1.82) is 0 Å². The molecule has 2 aromatic carbocycles. The maximum absolute atomic E-state index is 6.01. The Balaban J connectivity index is 0.000000637. The van der Waals surface area contributed by atoms with Gasteiger partial charge in [-0.3, -0.25) is 0 Å². The van der Waals surface area contributed by atoms with Gasteiger partial charge in [0.25, 0.3) is 0 Å². The van der Waals surface area contributed by atoms with Crippen molar-refractivity contribution in [2.24, 2.45) is 5.41 Å². The highest BCUT2D eigenvalue weighted by atomic mass is 32.1. The topological polar surface area (TPSA) is 34.2 Å². The zero-order valence-electron chi connectivity index (χ0n) is 26.6. The lowest BCUT2D eigenvalue weighted by molar-refractivity contribution is -0.224. The SMILES string of the molecule is CC.CC.CC.CC1(C)COC(c2ccc(-c3ccc(-c4ccc5[nH]c(-c6ccccc6)c6c5c4CCC6)s3)s2)OC1. The van der Waals surface area contributed by atoms with Crippen molar-refractivity contribution in [2.45, 2.75) is 80.9 Å². The standard InChI is InChI=1S/C31H29NO2S2.3C2H6/c1-31(2)17-33-30(34-18-31)27-16-15-26(36-27)25-14-13-24(35-25)20-11-12-23-28-21(20)9-6-10-22(28)29(32-23)19-7-4-3-5-8-19;3*1-2/h3-5,7-8,11-16,30,32H,6,9-10,17-18H2,1-2H3;3*1-2H3. The number of aromatic nitrogens is 1. The Hall–Kier alpha value is -2.70. The van der Waals surface area contributed by atoms with Gasteiger partial charge < -0.3 is 14.5 Å². The third kappa shape index (κ3) is 6.60. The normalized spacial score (nSPS) is 15.5. The molecule has 0 bridgehead atoms. The molecule has 4 heterocycles. The van der Waals surface area contributed by atoms with Gasteiger partial charge in [-0.2, -0.15) is 0 Å². The summed E-state index contributed by atoms with van der Waals surface area (Å²) in [7, 11) is 0. The molecule has 0 spiro atoms. The Morgan fingerprint density at radius 3 is 2.02 bits per heavy atom. The van der Waals surface area contributed by atoms with Crippen LogP contribution >= 0.6 is 22.7 Å². The molecule has 1 N–H and O–H groups in total. The molecule has 0 amide bonds. The average Bonchev–Trinajstić information content (AvgIpc) is 3.81. The van der Waals surface area contributed by atoms with Crippen molar-refractivity contribution in [1.82, 2.24) is 4.98 Å². The van der Waals surface area contributed by atoms with Crippen LogP contribution in [0.1, 0.15) is 84.1 Å². The highest BCUT2D eigenvalue weighted by Gasteiger charge is 2.30. The van der Waals surface area contributed by atoms with Crippen LogP contribution in [-0.2, 0) is 22.3 Å². The molecule has 1 aliphatic heterocycles. The van der Waals surface area contributed by atoms with Gasteiger partial charge in [-0.25, -0.2) is 0 Å². The first kappa shape index (κ1) is 32.2. The van der Waals surface area contributed by atoms with Gasteiger partial charge >= 0.3 is 0 Å². The first-order chi connectivity index (χ1) is 20.6. The predicted octanol–water partition coefficient (Wildman–Crippen LogP) is 11.9. The molecule has 0 atom stereocenters. The fraction of sp³-hybridized carbons (Fsp3) is 0.405. The van der Waals surface area contributed by atoms with Crippen LogP contribution in [0.25, 0.3) is 42.4 Å². The van der Waals surface area contributed by atoms with Crippen molar-refractivity contribution < 1.29 is 9.47 Å². The average molecular weight is 602 g/mol. The molecule has 2 aliphatic rings. The summed E-state index contributed by atoms with van der Waals surface area (Å²) in [5, 5.41) is 1.44. The Kier molecular flexibility index (Phi) is 11.2. The zero-order valence-corrected chi connectivity index (χ0v) is 28.2. The van der Waals surface area contributed by atoms with Gasteiger partial charge in [0.2, 0.25) is 0 Å². The third-order valence-electron chi connectivity index (χ3n) is 7.32. The highest BCUT2D eigenvalue weighted by Crippen LogP contribution is 2.45. The van der Waals surface area contributed by atoms with Crippen LogP contribution in [0.2, 0.25) is 0 Å². The van der Waals surface area contributed by atoms with E-state index < -0.39 is 0 Å². The molecule has 3 aromatic heterocycles. The summed E-state index contributed by atoms with van der Waals surface area (Å²) >= 11 is 3.67. The van der Waals surface area contributed by atoms with Crippen LogP contribution in [0.4, 0.5) is 0 Å². The minimum absolute atomic E-state index is 0.0851. The molecular weight excluding hydrogens is 555 g/mol. The van der Waals surface area contributed by atoms with Crippen molar-refractivity contribution in [3.05, 3.63) is 82.7 Å². The van der Waals surface area contributed by atoms with E-state index in [1.807, 2.05) is 52.9 Å². The maximum atomic E-state index is 6.01.